The number of carbonyl (C=O) groups excluding carboxylic acids is 4. The molecule has 0 aliphatic heterocycles. The van der Waals surface area contributed by atoms with Crippen LogP contribution >= 0.6 is 0 Å². The first kappa shape index (κ1) is 30.4. The Labute approximate surface area is 183 Å². The third-order valence-corrected chi connectivity index (χ3v) is 4.12. The second kappa shape index (κ2) is 16.0. The van der Waals surface area contributed by atoms with Gasteiger partial charge in [0.15, 0.2) is 0 Å². The molecule has 0 radical (unpaired) electrons. The van der Waals surface area contributed by atoms with Gasteiger partial charge in [-0.05, 0) is 48.0 Å². The van der Waals surface area contributed by atoms with E-state index in [4.69, 9.17) is 15.0 Å². The van der Waals surface area contributed by atoms with Gasteiger partial charge in [0.1, 0.15) is 0 Å². The van der Waals surface area contributed by atoms with Gasteiger partial charge in [-0.25, -0.2) is 4.79 Å². The van der Waals surface area contributed by atoms with Crippen LogP contribution < -0.4 is 15.3 Å². The van der Waals surface area contributed by atoms with Gasteiger partial charge in [-0.15, -0.1) is 0 Å². The number of rotatable bonds is 11. The zero-order chi connectivity index (χ0) is 24.6. The summed E-state index contributed by atoms with van der Waals surface area (Å²) in [4.78, 5) is 49.5. The number of alkyl carbamates (subject to hydrolysis) is 1. The highest BCUT2D eigenvalue weighted by molar-refractivity contribution is 6.25. The van der Waals surface area contributed by atoms with Crippen molar-refractivity contribution in [3.8, 4) is 0 Å². The molecule has 11 heteroatoms. The van der Waals surface area contributed by atoms with Gasteiger partial charge in [-0.3, -0.25) is 9.59 Å². The van der Waals surface area contributed by atoms with Crippen LogP contribution in [0.15, 0.2) is 0 Å². The Bertz CT molecular complexity index is 630. The number of esters is 1. The normalized spacial score (nSPS) is 12.4. The smallest absolute Gasteiger partial charge is 0.410 e. The maximum Gasteiger partial charge on any atom is 0.410 e. The number of ketones is 1. The van der Waals surface area contributed by atoms with Gasteiger partial charge >= 0.3 is 18.3 Å². The Morgan fingerprint density at radius 3 is 1.97 bits per heavy atom. The molecular formula is C20H36N4O7. The summed E-state index contributed by atoms with van der Waals surface area (Å²) >= 11 is 0. The van der Waals surface area contributed by atoms with Crippen molar-refractivity contribution in [3.63, 3.8) is 0 Å². The zero-order valence-corrected chi connectivity index (χ0v) is 19.5. The third kappa shape index (κ3) is 15.7. The minimum absolute atomic E-state index is 0.293. The lowest BCUT2D eigenvalue weighted by Crippen LogP contribution is -3.11. The lowest BCUT2D eigenvalue weighted by atomic mass is 9.97. The Hall–Kier alpha value is -2.78. The number of nitrogens with zero attached hydrogens (tertiary/aromatic N) is 2. The summed E-state index contributed by atoms with van der Waals surface area (Å²) in [5.74, 6) is -2.86. The predicted molar refractivity (Wildman–Crippen MR) is 110 cm³/mol. The average molecular weight is 445 g/mol. The van der Waals surface area contributed by atoms with E-state index in [1.807, 2.05) is 5.32 Å². The summed E-state index contributed by atoms with van der Waals surface area (Å²) in [6.07, 6.45) is -2.36. The van der Waals surface area contributed by atoms with E-state index in [2.05, 4.69) is 25.6 Å². The first-order valence-corrected chi connectivity index (χ1v) is 10.2. The molecule has 0 aromatic heterocycles. The highest BCUT2D eigenvalue weighted by Crippen LogP contribution is 2.16. The molecule has 0 saturated heterocycles. The summed E-state index contributed by atoms with van der Waals surface area (Å²) in [5.41, 5.74) is 7.38. The monoisotopic (exact) mass is 444 g/mol. The number of hydrogen-bond acceptors (Lipinski definition) is 7. The predicted octanol–water partition coefficient (Wildman–Crippen LogP) is -0.653. The fraction of sp³-hybridized carbons (Fsp3) is 0.750. The molecule has 0 aliphatic carbocycles. The van der Waals surface area contributed by atoms with Crippen molar-refractivity contribution >= 4 is 30.0 Å². The van der Waals surface area contributed by atoms with Crippen LogP contribution in [-0.4, -0.2) is 66.8 Å². The van der Waals surface area contributed by atoms with Crippen molar-refractivity contribution in [2.24, 2.45) is 5.41 Å². The number of carboxylic acids is 1. The van der Waals surface area contributed by atoms with Crippen molar-refractivity contribution in [3.05, 3.63) is 5.53 Å². The van der Waals surface area contributed by atoms with E-state index < -0.39 is 41.6 Å². The molecule has 0 aromatic carbocycles. The molecule has 2 atom stereocenters. The third-order valence-electron chi connectivity index (χ3n) is 4.12. The fourth-order valence-electron chi connectivity index (χ4n) is 2.09. The molecule has 178 valence electrons. The Morgan fingerprint density at radius 1 is 1.10 bits per heavy atom. The van der Waals surface area contributed by atoms with Crippen molar-refractivity contribution in [2.75, 3.05) is 19.6 Å². The molecule has 2 N–H and O–H groups in total. The van der Waals surface area contributed by atoms with E-state index in [1.54, 1.807) is 25.7 Å². The van der Waals surface area contributed by atoms with Crippen LogP contribution in [0.5, 0.6) is 0 Å². The van der Waals surface area contributed by atoms with Gasteiger partial charge in [0.25, 0.3) is 0 Å². The molecule has 11 nitrogen and oxygen atoms in total. The summed E-state index contributed by atoms with van der Waals surface area (Å²) in [7, 11) is 0. The largest absolute Gasteiger partial charge is 0.548 e. The second-order valence-corrected chi connectivity index (χ2v) is 7.70. The van der Waals surface area contributed by atoms with Crippen LogP contribution in [-0.2, 0) is 23.9 Å². The number of carbonyl (C=O) groups is 4. The highest BCUT2D eigenvalue weighted by Gasteiger charge is 2.26. The van der Waals surface area contributed by atoms with Crippen molar-refractivity contribution in [1.82, 2.24) is 5.32 Å². The van der Waals surface area contributed by atoms with Crippen molar-refractivity contribution in [1.29, 1.82) is 0 Å². The maximum atomic E-state index is 11.6. The van der Waals surface area contributed by atoms with E-state index in [1.165, 1.54) is 26.6 Å². The van der Waals surface area contributed by atoms with Gasteiger partial charge < -0.3 is 35.1 Å². The van der Waals surface area contributed by atoms with Crippen LogP contribution in [0.2, 0.25) is 0 Å². The van der Waals surface area contributed by atoms with E-state index in [9.17, 15) is 24.3 Å². The molecule has 0 fully saturated rings. The summed E-state index contributed by atoms with van der Waals surface area (Å²) in [5, 5.41) is 12.9. The summed E-state index contributed by atoms with van der Waals surface area (Å²) in [6.45, 7) is 16.6. The van der Waals surface area contributed by atoms with E-state index in [0.717, 1.165) is 0 Å². The molecule has 31 heavy (non-hydrogen) atoms. The van der Waals surface area contributed by atoms with Gasteiger partial charge in [-0.2, -0.15) is 4.79 Å². The second-order valence-electron chi connectivity index (χ2n) is 7.70. The number of Topliss-reactive ketones (excluding diaryl/α,β-unsaturated/α-hetero) is 1. The number of carboxylic acid groups (broad SMARTS) is 1. The lowest BCUT2D eigenvalue weighted by Gasteiger charge is -2.23. The summed E-state index contributed by atoms with van der Waals surface area (Å²) in [6, 6.07) is -1.50. The number of nitrogens with one attached hydrogen (secondary N) is 2. The molecule has 0 rings (SSSR count). The maximum absolute atomic E-state index is 11.6. The lowest BCUT2D eigenvalue weighted by molar-refractivity contribution is -0.894. The standard InChI is InChI=1S/C14H21N3O7.C6H15N/c1-8(23-12(21)14(2,3)4)24-13(22)17-10(11(19)20)6-5-9(18)7-16-15;1-4-7(5-2)6-3/h7-8,10H,5-6H2,1-4H3,(H,17,22)(H,19,20);4-6H2,1-3H3. The Kier molecular flexibility index (Phi) is 15.7. The minimum atomic E-state index is -1.62. The van der Waals surface area contributed by atoms with Crippen molar-refractivity contribution < 1.29 is 43.4 Å². The van der Waals surface area contributed by atoms with Crippen LogP contribution in [0.1, 0.15) is 61.3 Å². The Morgan fingerprint density at radius 2 is 1.61 bits per heavy atom. The number of quaternary nitrogens is 1. The molecule has 0 saturated carbocycles. The average Bonchev–Trinajstić information content (AvgIpc) is 2.66. The minimum Gasteiger partial charge on any atom is -0.548 e. The van der Waals surface area contributed by atoms with E-state index >= 15 is 0 Å². The van der Waals surface area contributed by atoms with Crippen LogP contribution in [0, 0.1) is 5.41 Å². The zero-order valence-electron chi connectivity index (χ0n) is 19.5. The van der Waals surface area contributed by atoms with Crippen molar-refractivity contribution in [2.45, 2.75) is 73.6 Å². The van der Waals surface area contributed by atoms with E-state index in [0.29, 0.717) is 6.21 Å². The number of aliphatic carboxylic acids is 1. The van der Waals surface area contributed by atoms with Gasteiger partial charge in [0, 0.05) is 13.3 Å². The number of ether oxygens (including phenoxy) is 2. The molecular weight excluding hydrogens is 408 g/mol. The quantitative estimate of drug-likeness (QED) is 0.141. The SMILES string of the molecule is CC(OC(=O)NC(CCC(=O)C=[N+]=[N-])C(=O)[O-])OC(=O)C(C)(C)C.CC[NH+](CC)CC. The Balaban J connectivity index is 0. The summed E-state index contributed by atoms with van der Waals surface area (Å²) < 4.78 is 9.59. The van der Waals surface area contributed by atoms with Crippen LogP contribution in [0.3, 0.4) is 0 Å². The highest BCUT2D eigenvalue weighted by atomic mass is 16.7. The molecule has 0 aliphatic rings. The van der Waals surface area contributed by atoms with Gasteiger partial charge in [0.2, 0.25) is 12.1 Å². The number of hydrogen-bond donors (Lipinski definition) is 2. The molecule has 0 aromatic rings. The fourth-order valence-corrected chi connectivity index (χ4v) is 2.09. The van der Waals surface area contributed by atoms with Crippen LogP contribution in [0.25, 0.3) is 5.53 Å². The molecule has 2 unspecified atom stereocenters. The first-order valence-electron chi connectivity index (χ1n) is 10.2. The molecule has 0 bridgehead atoms. The molecule has 0 spiro atoms. The topological polar surface area (TPSA) is 163 Å². The van der Waals surface area contributed by atoms with Gasteiger partial charge in [-0.1, -0.05) is 0 Å². The van der Waals surface area contributed by atoms with Gasteiger partial charge in [0.05, 0.1) is 37.1 Å². The first-order chi connectivity index (χ1) is 14.3. The number of amides is 1. The van der Waals surface area contributed by atoms with E-state index in [-0.39, 0.29) is 12.8 Å². The molecule has 1 amide bonds. The molecule has 0 heterocycles. The van der Waals surface area contributed by atoms with Crippen LogP contribution in [0.4, 0.5) is 4.79 Å².